The summed E-state index contributed by atoms with van der Waals surface area (Å²) in [6, 6.07) is 37.9. The van der Waals surface area contributed by atoms with E-state index in [9.17, 15) is 4.57 Å². The van der Waals surface area contributed by atoms with E-state index in [1.54, 1.807) is 0 Å². The molecule has 4 nitrogen and oxygen atoms in total. The predicted octanol–water partition coefficient (Wildman–Crippen LogP) is 7.42. The van der Waals surface area contributed by atoms with Gasteiger partial charge in [0.2, 0.25) is 0 Å². The van der Waals surface area contributed by atoms with Crippen molar-refractivity contribution in [3.05, 3.63) is 121 Å². The highest BCUT2D eigenvalue weighted by molar-refractivity contribution is 7.86. The number of hydrogen-bond donors (Lipinski definition) is 0. The molecule has 0 amide bonds. The Morgan fingerprint density at radius 1 is 0.553 bits per heavy atom. The summed E-state index contributed by atoms with van der Waals surface area (Å²) in [5.74, 6) is 2.41. The summed E-state index contributed by atoms with van der Waals surface area (Å²) in [4.78, 5) is 4.61. The maximum atomic E-state index is 14.9. The van der Waals surface area contributed by atoms with Gasteiger partial charge in [0.25, 0.3) is 0 Å². The third kappa shape index (κ3) is 2.98. The van der Waals surface area contributed by atoms with Crippen molar-refractivity contribution in [2.75, 3.05) is 0 Å². The lowest BCUT2D eigenvalue weighted by molar-refractivity contribution is 0.462. The molecule has 0 unspecified atom stereocenters. The number of pyridine rings is 1. The van der Waals surface area contributed by atoms with Crippen LogP contribution in [0.1, 0.15) is 0 Å². The first kappa shape index (κ1) is 21.4. The molecule has 180 valence electrons. The second kappa shape index (κ2) is 7.92. The van der Waals surface area contributed by atoms with Crippen LogP contribution in [0.25, 0.3) is 33.2 Å². The SMILES string of the molecule is O=P12c3ccccc3Oc3cc(-c4ccc(-c5cccc6cccnc56)cc4)cc(c31)Oc1ccccc12. The van der Waals surface area contributed by atoms with Crippen LogP contribution in [0.2, 0.25) is 0 Å². The Bertz CT molecular complexity index is 1880. The molecule has 8 rings (SSSR count). The number of para-hydroxylation sites is 3. The average molecular weight is 510 g/mol. The number of ether oxygens (including phenoxy) is 2. The normalized spacial score (nSPS) is 14.0. The Morgan fingerprint density at radius 3 is 1.84 bits per heavy atom. The zero-order valence-corrected chi connectivity index (χ0v) is 21.1. The summed E-state index contributed by atoms with van der Waals surface area (Å²) in [5, 5.41) is 3.18. The van der Waals surface area contributed by atoms with Crippen LogP contribution in [0.3, 0.4) is 0 Å². The van der Waals surface area contributed by atoms with Gasteiger partial charge in [-0.1, -0.05) is 72.8 Å². The van der Waals surface area contributed by atoms with Crippen molar-refractivity contribution in [3.8, 4) is 45.3 Å². The second-order valence-electron chi connectivity index (χ2n) is 9.53. The first-order valence-electron chi connectivity index (χ1n) is 12.5. The van der Waals surface area contributed by atoms with E-state index in [1.807, 2.05) is 72.9 Å². The minimum Gasteiger partial charge on any atom is -0.456 e. The van der Waals surface area contributed by atoms with Gasteiger partial charge in [-0.3, -0.25) is 4.98 Å². The van der Waals surface area contributed by atoms with Crippen molar-refractivity contribution in [3.63, 3.8) is 0 Å². The van der Waals surface area contributed by atoms with Crippen molar-refractivity contribution >= 4 is 34.0 Å². The molecule has 0 aliphatic carbocycles. The molecule has 6 aromatic rings. The van der Waals surface area contributed by atoms with E-state index in [1.165, 1.54) is 0 Å². The minimum atomic E-state index is -3.15. The molecule has 0 radical (unpaired) electrons. The Kier molecular flexibility index (Phi) is 4.46. The highest BCUT2D eigenvalue weighted by Crippen LogP contribution is 2.58. The van der Waals surface area contributed by atoms with Crippen LogP contribution in [0.15, 0.2) is 121 Å². The zero-order valence-electron chi connectivity index (χ0n) is 20.2. The van der Waals surface area contributed by atoms with Crippen molar-refractivity contribution in [2.45, 2.75) is 0 Å². The van der Waals surface area contributed by atoms with E-state index in [0.29, 0.717) is 38.9 Å². The number of benzene rings is 5. The molecule has 0 bridgehead atoms. The molecule has 0 saturated carbocycles. The first-order valence-corrected chi connectivity index (χ1v) is 14.2. The van der Waals surface area contributed by atoms with Crippen molar-refractivity contribution in [1.29, 1.82) is 0 Å². The molecule has 3 heterocycles. The molecule has 0 atom stereocenters. The standard InChI is InChI=1S/C33H20NO3P/c35-38-30-12-3-1-10-26(30)36-28-19-24(20-29(33(28)38)37-27-11-2-4-13-31(27)38)21-14-16-22(17-15-21)25-9-5-7-23-8-6-18-34-32(23)25/h1-20H. The van der Waals surface area contributed by atoms with Crippen LogP contribution in [-0.4, -0.2) is 4.98 Å². The molecule has 2 aliphatic rings. The van der Waals surface area contributed by atoms with Gasteiger partial charge in [-0.05, 0) is 59.2 Å². The number of nitrogens with zero attached hydrogens (tertiary/aromatic N) is 1. The van der Waals surface area contributed by atoms with Gasteiger partial charge in [-0.25, -0.2) is 0 Å². The fourth-order valence-corrected chi connectivity index (χ4v) is 8.64. The van der Waals surface area contributed by atoms with E-state index in [-0.39, 0.29) is 0 Å². The van der Waals surface area contributed by atoms with Gasteiger partial charge < -0.3 is 14.0 Å². The number of hydrogen-bond acceptors (Lipinski definition) is 4. The average Bonchev–Trinajstić information content (AvgIpc) is 2.97. The highest BCUT2D eigenvalue weighted by atomic mass is 31.2. The van der Waals surface area contributed by atoms with E-state index >= 15 is 0 Å². The van der Waals surface area contributed by atoms with Crippen LogP contribution in [0.4, 0.5) is 0 Å². The highest BCUT2D eigenvalue weighted by Gasteiger charge is 2.46. The topological polar surface area (TPSA) is 48.4 Å². The summed E-state index contributed by atoms with van der Waals surface area (Å²) < 4.78 is 27.6. The van der Waals surface area contributed by atoms with E-state index in [0.717, 1.165) is 33.2 Å². The van der Waals surface area contributed by atoms with Crippen molar-refractivity contribution in [1.82, 2.24) is 4.98 Å². The van der Waals surface area contributed by atoms with Gasteiger partial charge in [-0.15, -0.1) is 0 Å². The number of rotatable bonds is 2. The maximum absolute atomic E-state index is 14.9. The second-order valence-corrected chi connectivity index (χ2v) is 12.2. The summed E-state index contributed by atoms with van der Waals surface area (Å²) in [7, 11) is -3.15. The summed E-state index contributed by atoms with van der Waals surface area (Å²) in [6.45, 7) is 0. The molecule has 5 aromatic carbocycles. The predicted molar refractivity (Wildman–Crippen MR) is 152 cm³/mol. The quantitative estimate of drug-likeness (QED) is 0.228. The van der Waals surface area contributed by atoms with Crippen LogP contribution < -0.4 is 25.4 Å². The summed E-state index contributed by atoms with van der Waals surface area (Å²) in [6.07, 6.45) is 1.83. The molecule has 1 aromatic heterocycles. The van der Waals surface area contributed by atoms with Gasteiger partial charge in [0, 0.05) is 17.1 Å². The number of aromatic nitrogens is 1. The molecule has 2 aliphatic heterocycles. The monoisotopic (exact) mass is 509 g/mol. The molecule has 0 fully saturated rings. The zero-order chi connectivity index (χ0) is 25.3. The lowest BCUT2D eigenvalue weighted by atomic mass is 9.98. The van der Waals surface area contributed by atoms with Crippen LogP contribution in [0.5, 0.6) is 23.0 Å². The van der Waals surface area contributed by atoms with Gasteiger partial charge in [-0.2, -0.15) is 0 Å². The first-order chi connectivity index (χ1) is 18.7. The van der Waals surface area contributed by atoms with Gasteiger partial charge in [0.1, 0.15) is 28.3 Å². The van der Waals surface area contributed by atoms with E-state index in [4.69, 9.17) is 9.47 Å². The fourth-order valence-electron chi connectivity index (χ4n) is 5.61. The molecular weight excluding hydrogens is 489 g/mol. The van der Waals surface area contributed by atoms with E-state index in [2.05, 4.69) is 53.5 Å². The summed E-state index contributed by atoms with van der Waals surface area (Å²) >= 11 is 0. The smallest absolute Gasteiger partial charge is 0.185 e. The molecule has 38 heavy (non-hydrogen) atoms. The van der Waals surface area contributed by atoms with Crippen LogP contribution >= 0.6 is 7.14 Å². The molecule has 0 N–H and O–H groups in total. The van der Waals surface area contributed by atoms with Gasteiger partial charge in [0.15, 0.2) is 7.14 Å². The van der Waals surface area contributed by atoms with Gasteiger partial charge >= 0.3 is 0 Å². The van der Waals surface area contributed by atoms with Crippen LogP contribution in [0, 0.1) is 0 Å². The Morgan fingerprint density at radius 2 is 1.16 bits per heavy atom. The third-order valence-electron chi connectivity index (χ3n) is 7.37. The maximum Gasteiger partial charge on any atom is 0.185 e. The van der Waals surface area contributed by atoms with Gasteiger partial charge in [0.05, 0.1) is 16.1 Å². The third-order valence-corrected chi connectivity index (χ3v) is 10.5. The Balaban J connectivity index is 1.28. The molecular formula is C33H20NO3P. The fraction of sp³-hybridized carbons (Fsp3) is 0. The summed E-state index contributed by atoms with van der Waals surface area (Å²) in [5.41, 5.74) is 5.12. The van der Waals surface area contributed by atoms with Crippen molar-refractivity contribution in [2.24, 2.45) is 0 Å². The largest absolute Gasteiger partial charge is 0.456 e. The molecule has 0 spiro atoms. The Hall–Kier alpha value is -4.66. The lowest BCUT2D eigenvalue weighted by Crippen LogP contribution is -2.35. The van der Waals surface area contributed by atoms with Crippen LogP contribution in [-0.2, 0) is 4.57 Å². The molecule has 0 saturated heterocycles. The molecule has 5 heteroatoms. The lowest BCUT2D eigenvalue weighted by Gasteiger charge is -2.34. The minimum absolute atomic E-state index is 0.580. The Labute approximate surface area is 219 Å². The van der Waals surface area contributed by atoms with E-state index < -0.39 is 7.14 Å². The van der Waals surface area contributed by atoms with Crippen molar-refractivity contribution < 1.29 is 14.0 Å². The number of fused-ring (bicyclic) bond motifs is 5.